The average Bonchev–Trinajstić information content (AvgIpc) is 2.52. The third-order valence-electron chi connectivity index (χ3n) is 3.30. The normalized spacial score (nSPS) is 10.2. The van der Waals surface area contributed by atoms with Gasteiger partial charge in [-0.15, -0.1) is 0 Å². The van der Waals surface area contributed by atoms with Gasteiger partial charge in [-0.1, -0.05) is 23.7 Å². The van der Waals surface area contributed by atoms with Crippen LogP contribution in [0.5, 0.6) is 5.75 Å². The van der Waals surface area contributed by atoms with Crippen molar-refractivity contribution in [3.63, 3.8) is 0 Å². The van der Waals surface area contributed by atoms with Gasteiger partial charge < -0.3 is 14.8 Å². The van der Waals surface area contributed by atoms with Gasteiger partial charge in [0.15, 0.2) is 13.2 Å². The van der Waals surface area contributed by atoms with Gasteiger partial charge in [0.1, 0.15) is 5.75 Å². The first-order valence-electron chi connectivity index (χ1n) is 7.76. The number of amides is 1. The number of halogens is 1. The van der Waals surface area contributed by atoms with Gasteiger partial charge in [-0.3, -0.25) is 4.79 Å². The number of benzene rings is 2. The minimum Gasteiger partial charge on any atom is -0.480 e. The zero-order valence-corrected chi connectivity index (χ0v) is 15.1. The van der Waals surface area contributed by atoms with Gasteiger partial charge in [0.2, 0.25) is 0 Å². The van der Waals surface area contributed by atoms with Crippen molar-refractivity contribution in [2.24, 2.45) is 0 Å². The molecule has 132 valence electrons. The number of nitrogens with one attached hydrogen (secondary N) is 1. The molecule has 0 aromatic heterocycles. The summed E-state index contributed by atoms with van der Waals surface area (Å²) in [5, 5.41) is 3.10. The third kappa shape index (κ3) is 6.12. The summed E-state index contributed by atoms with van der Waals surface area (Å²) in [6.45, 7) is 5.07. The van der Waals surface area contributed by atoms with Crippen molar-refractivity contribution < 1.29 is 19.1 Å². The van der Waals surface area contributed by atoms with Crippen LogP contribution in [0.2, 0.25) is 5.02 Å². The Bertz CT molecular complexity index is 769. The van der Waals surface area contributed by atoms with Crippen molar-refractivity contribution in [3.05, 3.63) is 58.1 Å². The van der Waals surface area contributed by atoms with E-state index in [1.807, 2.05) is 45.0 Å². The van der Waals surface area contributed by atoms with Crippen LogP contribution >= 0.6 is 11.6 Å². The van der Waals surface area contributed by atoms with Crippen molar-refractivity contribution in [1.82, 2.24) is 0 Å². The molecule has 0 fully saturated rings. The summed E-state index contributed by atoms with van der Waals surface area (Å²) in [5.74, 6) is -0.654. The zero-order chi connectivity index (χ0) is 18.4. The van der Waals surface area contributed by atoms with E-state index in [9.17, 15) is 9.59 Å². The summed E-state index contributed by atoms with van der Waals surface area (Å²) in [6, 6.07) is 10.9. The number of anilines is 1. The minimum absolute atomic E-state index is 0.319. The Hall–Kier alpha value is -2.53. The Morgan fingerprint density at radius 2 is 1.64 bits per heavy atom. The van der Waals surface area contributed by atoms with Crippen molar-refractivity contribution in [2.45, 2.75) is 20.8 Å². The number of esters is 1. The van der Waals surface area contributed by atoms with Crippen LogP contribution < -0.4 is 10.1 Å². The van der Waals surface area contributed by atoms with E-state index in [0.29, 0.717) is 16.5 Å². The van der Waals surface area contributed by atoms with Crippen LogP contribution in [0.3, 0.4) is 0 Å². The lowest BCUT2D eigenvalue weighted by atomic mass is 10.1. The standard InChI is InChI=1S/C19H20ClNO4/c1-12-4-5-16(20)17(9-12)24-11-19(23)25-10-18(22)21-15-7-13(2)6-14(3)8-15/h4-9H,10-11H2,1-3H3,(H,21,22). The maximum absolute atomic E-state index is 11.9. The van der Waals surface area contributed by atoms with Crippen LogP contribution in [0.4, 0.5) is 5.69 Å². The number of hydrogen-bond acceptors (Lipinski definition) is 4. The molecule has 2 aromatic carbocycles. The van der Waals surface area contributed by atoms with Crippen LogP contribution in [0.1, 0.15) is 16.7 Å². The molecule has 0 radical (unpaired) electrons. The number of rotatable bonds is 6. The van der Waals surface area contributed by atoms with Gasteiger partial charge in [-0.2, -0.15) is 0 Å². The van der Waals surface area contributed by atoms with E-state index in [-0.39, 0.29) is 13.2 Å². The molecule has 0 heterocycles. The first kappa shape index (κ1) is 18.8. The van der Waals surface area contributed by atoms with E-state index in [2.05, 4.69) is 5.32 Å². The molecule has 0 aliphatic carbocycles. The van der Waals surface area contributed by atoms with E-state index in [1.165, 1.54) is 0 Å². The summed E-state index contributed by atoms with van der Waals surface area (Å²) >= 11 is 5.98. The molecule has 0 saturated heterocycles. The highest BCUT2D eigenvalue weighted by atomic mass is 35.5. The molecule has 0 atom stereocenters. The highest BCUT2D eigenvalue weighted by Crippen LogP contribution is 2.25. The van der Waals surface area contributed by atoms with Crippen LogP contribution in [0, 0.1) is 20.8 Å². The Kier molecular flexibility index (Phi) is 6.42. The van der Waals surface area contributed by atoms with Crippen molar-refractivity contribution in [1.29, 1.82) is 0 Å². The second kappa shape index (κ2) is 8.53. The molecule has 1 N–H and O–H groups in total. The molecule has 25 heavy (non-hydrogen) atoms. The lowest BCUT2D eigenvalue weighted by molar-refractivity contribution is -0.149. The van der Waals surface area contributed by atoms with E-state index < -0.39 is 11.9 Å². The monoisotopic (exact) mass is 361 g/mol. The fourth-order valence-corrected chi connectivity index (χ4v) is 2.46. The Labute approximate surface area is 151 Å². The van der Waals surface area contributed by atoms with Gasteiger partial charge in [0.05, 0.1) is 5.02 Å². The molecule has 0 aliphatic rings. The predicted octanol–water partition coefficient (Wildman–Crippen LogP) is 3.83. The summed E-state index contributed by atoms with van der Waals surface area (Å²) in [4.78, 5) is 23.6. The molecular formula is C19H20ClNO4. The molecule has 0 unspecified atom stereocenters. The van der Waals surface area contributed by atoms with Crippen LogP contribution in [0.15, 0.2) is 36.4 Å². The molecule has 1 amide bonds. The number of carbonyl (C=O) groups is 2. The van der Waals surface area contributed by atoms with E-state index in [0.717, 1.165) is 16.7 Å². The van der Waals surface area contributed by atoms with Crippen LogP contribution in [0.25, 0.3) is 0 Å². The first-order valence-corrected chi connectivity index (χ1v) is 8.14. The SMILES string of the molecule is Cc1cc(C)cc(NC(=O)COC(=O)COc2cc(C)ccc2Cl)c1. The second-order valence-electron chi connectivity index (χ2n) is 5.81. The Balaban J connectivity index is 1.79. The smallest absolute Gasteiger partial charge is 0.344 e. The van der Waals surface area contributed by atoms with Gasteiger partial charge in [-0.25, -0.2) is 4.79 Å². The average molecular weight is 362 g/mol. The molecule has 0 aliphatic heterocycles. The maximum Gasteiger partial charge on any atom is 0.344 e. The molecular weight excluding hydrogens is 342 g/mol. The zero-order valence-electron chi connectivity index (χ0n) is 14.4. The summed E-state index contributed by atoms with van der Waals surface area (Å²) in [5.41, 5.74) is 3.70. The van der Waals surface area contributed by atoms with Gasteiger partial charge in [0.25, 0.3) is 5.91 Å². The van der Waals surface area contributed by atoms with Crippen LogP contribution in [-0.2, 0) is 14.3 Å². The molecule has 5 nitrogen and oxygen atoms in total. The quantitative estimate of drug-likeness (QED) is 0.794. The number of hydrogen-bond donors (Lipinski definition) is 1. The molecule has 2 aromatic rings. The highest BCUT2D eigenvalue weighted by Gasteiger charge is 2.10. The van der Waals surface area contributed by atoms with Gasteiger partial charge in [0, 0.05) is 5.69 Å². The van der Waals surface area contributed by atoms with E-state index >= 15 is 0 Å². The van der Waals surface area contributed by atoms with Crippen molar-refractivity contribution in [2.75, 3.05) is 18.5 Å². The Morgan fingerprint density at radius 3 is 2.32 bits per heavy atom. The Morgan fingerprint density at radius 1 is 0.960 bits per heavy atom. The molecule has 0 bridgehead atoms. The summed E-state index contributed by atoms with van der Waals surface area (Å²) in [6.07, 6.45) is 0. The second-order valence-corrected chi connectivity index (χ2v) is 6.21. The van der Waals surface area contributed by atoms with E-state index in [4.69, 9.17) is 21.1 Å². The maximum atomic E-state index is 11.9. The number of aryl methyl sites for hydroxylation is 3. The predicted molar refractivity (Wildman–Crippen MR) is 97.2 cm³/mol. The molecule has 0 saturated carbocycles. The fraction of sp³-hybridized carbons (Fsp3) is 0.263. The molecule has 6 heteroatoms. The summed E-state index contributed by atoms with van der Waals surface area (Å²) in [7, 11) is 0. The van der Waals surface area contributed by atoms with Crippen molar-refractivity contribution in [3.8, 4) is 5.75 Å². The molecule has 2 rings (SSSR count). The first-order chi connectivity index (χ1) is 11.8. The highest BCUT2D eigenvalue weighted by molar-refractivity contribution is 6.32. The van der Waals surface area contributed by atoms with E-state index in [1.54, 1.807) is 12.1 Å². The third-order valence-corrected chi connectivity index (χ3v) is 3.61. The lowest BCUT2D eigenvalue weighted by Crippen LogP contribution is -2.23. The molecule has 0 spiro atoms. The number of carbonyl (C=O) groups excluding carboxylic acids is 2. The number of ether oxygens (including phenoxy) is 2. The summed E-state index contributed by atoms with van der Waals surface area (Å²) < 4.78 is 10.2. The fourth-order valence-electron chi connectivity index (χ4n) is 2.29. The van der Waals surface area contributed by atoms with Gasteiger partial charge in [-0.05, 0) is 61.7 Å². The lowest BCUT2D eigenvalue weighted by Gasteiger charge is -2.10. The van der Waals surface area contributed by atoms with Crippen LogP contribution in [-0.4, -0.2) is 25.1 Å². The minimum atomic E-state index is -0.645. The topological polar surface area (TPSA) is 64.6 Å². The van der Waals surface area contributed by atoms with Gasteiger partial charge >= 0.3 is 5.97 Å². The van der Waals surface area contributed by atoms with Crippen molar-refractivity contribution >= 4 is 29.2 Å². The largest absolute Gasteiger partial charge is 0.480 e.